The van der Waals surface area contributed by atoms with E-state index in [9.17, 15) is 0 Å². The number of nitrogens with zero attached hydrogens (tertiary/aromatic N) is 2. The van der Waals surface area contributed by atoms with Gasteiger partial charge in [-0.2, -0.15) is 5.26 Å². The number of rotatable bonds is 4. The summed E-state index contributed by atoms with van der Waals surface area (Å²) in [6.45, 7) is 3.89. The van der Waals surface area contributed by atoms with Crippen LogP contribution in [0, 0.1) is 11.3 Å². The Balaban J connectivity index is 2.29. The smallest absolute Gasteiger partial charge is 0.119 e. The molecule has 0 spiro atoms. The number of halogens is 1. The van der Waals surface area contributed by atoms with Gasteiger partial charge in [-0.05, 0) is 23.8 Å². The highest BCUT2D eigenvalue weighted by Gasteiger charge is 2.24. The molecule has 1 aliphatic rings. The molecule has 1 atom stereocenters. The van der Waals surface area contributed by atoms with E-state index >= 15 is 0 Å². The van der Waals surface area contributed by atoms with Crippen molar-refractivity contribution in [3.63, 3.8) is 0 Å². The first kappa shape index (κ1) is 14.3. The van der Waals surface area contributed by atoms with Crippen LogP contribution in [0.3, 0.4) is 0 Å². The van der Waals surface area contributed by atoms with Crippen LogP contribution in [-0.4, -0.2) is 38.2 Å². The fourth-order valence-electron chi connectivity index (χ4n) is 2.42. The summed E-state index contributed by atoms with van der Waals surface area (Å²) in [4.78, 5) is 2.36. The molecule has 1 aliphatic heterocycles. The number of ether oxygens (including phenoxy) is 1. The first-order chi connectivity index (χ1) is 9.26. The van der Waals surface area contributed by atoms with Crippen molar-refractivity contribution in [2.24, 2.45) is 0 Å². The summed E-state index contributed by atoms with van der Waals surface area (Å²) < 4.78 is 6.33. The van der Waals surface area contributed by atoms with E-state index in [-0.39, 0.29) is 6.04 Å². The van der Waals surface area contributed by atoms with Gasteiger partial charge >= 0.3 is 0 Å². The molecule has 19 heavy (non-hydrogen) atoms. The van der Waals surface area contributed by atoms with Gasteiger partial charge in [-0.25, -0.2) is 0 Å². The minimum Gasteiger partial charge on any atom is -0.497 e. The van der Waals surface area contributed by atoms with Crippen LogP contribution in [0.15, 0.2) is 22.7 Å². The van der Waals surface area contributed by atoms with Crippen LogP contribution in [-0.2, 0) is 0 Å². The molecule has 0 aliphatic carbocycles. The van der Waals surface area contributed by atoms with Gasteiger partial charge in [0, 0.05) is 36.7 Å². The highest BCUT2D eigenvalue weighted by Crippen LogP contribution is 2.33. The Kier molecular flexibility index (Phi) is 5.20. The zero-order valence-electron chi connectivity index (χ0n) is 11.0. The van der Waals surface area contributed by atoms with Crippen molar-refractivity contribution >= 4 is 15.9 Å². The average Bonchev–Trinajstić information content (AvgIpc) is 2.47. The third-order valence-electron chi connectivity index (χ3n) is 3.44. The Morgan fingerprint density at radius 1 is 1.47 bits per heavy atom. The molecule has 4 nitrogen and oxygen atoms in total. The second kappa shape index (κ2) is 6.90. The van der Waals surface area contributed by atoms with Gasteiger partial charge in [-0.1, -0.05) is 15.9 Å². The van der Waals surface area contributed by atoms with Crippen LogP contribution < -0.4 is 10.1 Å². The Labute approximate surface area is 122 Å². The molecule has 1 heterocycles. The predicted octanol–water partition coefficient (Wildman–Crippen LogP) is 2.32. The summed E-state index contributed by atoms with van der Waals surface area (Å²) in [6, 6.07) is 8.36. The zero-order valence-corrected chi connectivity index (χ0v) is 12.6. The largest absolute Gasteiger partial charge is 0.497 e. The summed E-state index contributed by atoms with van der Waals surface area (Å²) in [6.07, 6.45) is 0.492. The lowest BCUT2D eigenvalue weighted by Gasteiger charge is -2.34. The molecule has 102 valence electrons. The number of benzene rings is 1. The van der Waals surface area contributed by atoms with Crippen molar-refractivity contribution in [3.8, 4) is 11.8 Å². The monoisotopic (exact) mass is 323 g/mol. The number of nitrogens with one attached hydrogen (secondary N) is 1. The van der Waals surface area contributed by atoms with Crippen molar-refractivity contribution < 1.29 is 4.74 Å². The first-order valence-corrected chi connectivity index (χ1v) is 7.20. The molecule has 5 heteroatoms. The van der Waals surface area contributed by atoms with Crippen LogP contribution in [0.1, 0.15) is 18.0 Å². The molecule has 0 aromatic heterocycles. The lowest BCUT2D eigenvalue weighted by atomic mass is 10.0. The fourth-order valence-corrected chi connectivity index (χ4v) is 2.93. The molecule has 1 fully saturated rings. The highest BCUT2D eigenvalue weighted by atomic mass is 79.9. The topological polar surface area (TPSA) is 48.3 Å². The van der Waals surface area contributed by atoms with Gasteiger partial charge in [-0.3, -0.25) is 4.90 Å². The lowest BCUT2D eigenvalue weighted by molar-refractivity contribution is 0.175. The van der Waals surface area contributed by atoms with E-state index in [1.54, 1.807) is 7.11 Å². The maximum absolute atomic E-state index is 9.11. The second-order valence-electron chi connectivity index (χ2n) is 4.55. The molecule has 1 aromatic carbocycles. The maximum atomic E-state index is 9.11. The van der Waals surface area contributed by atoms with E-state index in [1.165, 1.54) is 0 Å². The molecular formula is C14H18BrN3O. The quantitative estimate of drug-likeness (QED) is 0.923. The van der Waals surface area contributed by atoms with Crippen LogP contribution >= 0.6 is 15.9 Å². The molecule has 1 aromatic rings. The normalized spacial score (nSPS) is 17.7. The van der Waals surface area contributed by atoms with E-state index in [0.29, 0.717) is 6.42 Å². The predicted molar refractivity (Wildman–Crippen MR) is 78.1 cm³/mol. The van der Waals surface area contributed by atoms with Crippen molar-refractivity contribution in [1.29, 1.82) is 5.26 Å². The number of methoxy groups -OCH3 is 1. The van der Waals surface area contributed by atoms with Crippen LogP contribution in [0.25, 0.3) is 0 Å². The minimum atomic E-state index is 0.122. The molecule has 0 amide bonds. The van der Waals surface area contributed by atoms with E-state index in [2.05, 4.69) is 32.2 Å². The Morgan fingerprint density at radius 2 is 2.21 bits per heavy atom. The minimum absolute atomic E-state index is 0.122. The number of hydrogen-bond donors (Lipinski definition) is 1. The van der Waals surface area contributed by atoms with Crippen molar-refractivity contribution in [2.75, 3.05) is 33.3 Å². The van der Waals surface area contributed by atoms with Crippen molar-refractivity contribution in [1.82, 2.24) is 10.2 Å². The van der Waals surface area contributed by atoms with E-state index in [4.69, 9.17) is 10.00 Å². The fraction of sp³-hybridized carbons (Fsp3) is 0.500. The third-order valence-corrected chi connectivity index (χ3v) is 4.16. The molecule has 0 radical (unpaired) electrons. The molecule has 1 saturated heterocycles. The summed E-state index contributed by atoms with van der Waals surface area (Å²) in [5, 5.41) is 12.4. The van der Waals surface area contributed by atoms with Gasteiger partial charge in [-0.15, -0.1) is 0 Å². The first-order valence-electron chi connectivity index (χ1n) is 6.41. The van der Waals surface area contributed by atoms with Gasteiger partial charge in [0.25, 0.3) is 0 Å². The average molecular weight is 324 g/mol. The van der Waals surface area contributed by atoms with E-state index < -0.39 is 0 Å². The molecule has 0 saturated carbocycles. The summed E-state index contributed by atoms with van der Waals surface area (Å²) in [7, 11) is 1.66. The van der Waals surface area contributed by atoms with E-state index in [0.717, 1.165) is 42.0 Å². The lowest BCUT2D eigenvalue weighted by Crippen LogP contribution is -2.45. The summed E-state index contributed by atoms with van der Waals surface area (Å²) in [5.74, 6) is 0.830. The van der Waals surface area contributed by atoms with Crippen LogP contribution in [0.4, 0.5) is 0 Å². The molecular weight excluding hydrogens is 306 g/mol. The van der Waals surface area contributed by atoms with Gasteiger partial charge in [0.05, 0.1) is 19.6 Å². The van der Waals surface area contributed by atoms with Crippen LogP contribution in [0.2, 0.25) is 0 Å². The maximum Gasteiger partial charge on any atom is 0.119 e. The standard InChI is InChI=1S/C14H18BrN3O/c1-19-11-2-3-13(15)12(10-11)14(4-5-16)18-8-6-17-7-9-18/h2-3,10,14,17H,4,6-9H2,1H3/t14-/m0/s1. The van der Waals surface area contributed by atoms with Gasteiger partial charge in [0.15, 0.2) is 0 Å². The summed E-state index contributed by atoms with van der Waals surface area (Å²) >= 11 is 3.59. The molecule has 1 N–H and O–H groups in total. The van der Waals surface area contributed by atoms with E-state index in [1.807, 2.05) is 18.2 Å². The van der Waals surface area contributed by atoms with Gasteiger partial charge < -0.3 is 10.1 Å². The zero-order chi connectivity index (χ0) is 13.7. The Bertz CT molecular complexity index is 466. The highest BCUT2D eigenvalue weighted by molar-refractivity contribution is 9.10. The summed E-state index contributed by atoms with van der Waals surface area (Å²) in [5.41, 5.74) is 1.13. The van der Waals surface area contributed by atoms with Gasteiger partial charge in [0.1, 0.15) is 5.75 Å². The number of nitriles is 1. The Morgan fingerprint density at radius 3 is 2.84 bits per heavy atom. The molecule has 2 rings (SSSR count). The molecule has 0 bridgehead atoms. The number of piperazine rings is 1. The third kappa shape index (κ3) is 3.47. The van der Waals surface area contributed by atoms with Crippen molar-refractivity contribution in [2.45, 2.75) is 12.5 Å². The Hall–Kier alpha value is -1.09. The van der Waals surface area contributed by atoms with Crippen molar-refractivity contribution in [3.05, 3.63) is 28.2 Å². The van der Waals surface area contributed by atoms with Gasteiger partial charge in [0.2, 0.25) is 0 Å². The number of hydrogen-bond acceptors (Lipinski definition) is 4. The SMILES string of the molecule is COc1ccc(Br)c([C@H](CC#N)N2CCNCC2)c1. The van der Waals surface area contributed by atoms with Crippen LogP contribution in [0.5, 0.6) is 5.75 Å². The second-order valence-corrected chi connectivity index (χ2v) is 5.41. The molecule has 0 unspecified atom stereocenters.